The second kappa shape index (κ2) is 3.98. The number of guanidine groups is 1. The Kier molecular flexibility index (Phi) is 2.67. The van der Waals surface area contributed by atoms with Gasteiger partial charge in [-0.1, -0.05) is 0 Å². The molecule has 1 aromatic heterocycles. The first-order chi connectivity index (χ1) is 5.83. The first-order valence-electron chi connectivity index (χ1n) is 3.25. The third-order valence-electron chi connectivity index (χ3n) is 1.16. The van der Waals surface area contributed by atoms with Gasteiger partial charge in [-0.15, -0.1) is 0 Å². The van der Waals surface area contributed by atoms with E-state index in [2.05, 4.69) is 20.3 Å². The van der Waals surface area contributed by atoms with Crippen LogP contribution in [0.5, 0.6) is 0 Å². The second-order valence-corrected chi connectivity index (χ2v) is 2.02. The Labute approximate surface area is 69.1 Å². The number of imidazole rings is 1. The number of nitriles is 1. The summed E-state index contributed by atoms with van der Waals surface area (Å²) in [6.07, 6.45) is 4.86. The molecule has 4 N–H and O–H groups in total. The van der Waals surface area contributed by atoms with E-state index in [1.54, 1.807) is 18.7 Å². The van der Waals surface area contributed by atoms with Crippen LogP contribution in [-0.4, -0.2) is 15.9 Å². The lowest BCUT2D eigenvalue weighted by molar-refractivity contribution is 0.988. The summed E-state index contributed by atoms with van der Waals surface area (Å²) in [5.41, 5.74) is 6.13. The molecule has 0 unspecified atom stereocenters. The van der Waals surface area contributed by atoms with Crippen molar-refractivity contribution in [3.8, 4) is 6.19 Å². The van der Waals surface area contributed by atoms with E-state index in [0.717, 1.165) is 5.69 Å². The van der Waals surface area contributed by atoms with Crippen LogP contribution in [0.3, 0.4) is 0 Å². The van der Waals surface area contributed by atoms with Gasteiger partial charge in [-0.05, 0) is 0 Å². The van der Waals surface area contributed by atoms with E-state index >= 15 is 0 Å². The molecule has 0 spiro atoms. The minimum Gasteiger partial charge on any atom is -0.369 e. The van der Waals surface area contributed by atoms with Crippen LogP contribution in [0.25, 0.3) is 0 Å². The lowest BCUT2D eigenvalue weighted by atomic mass is 10.5. The summed E-state index contributed by atoms with van der Waals surface area (Å²) in [7, 11) is 0. The van der Waals surface area contributed by atoms with Crippen molar-refractivity contribution in [1.82, 2.24) is 15.3 Å². The normalized spacial score (nSPS) is 10.8. The summed E-state index contributed by atoms with van der Waals surface area (Å²) < 4.78 is 0. The number of aromatic amines is 1. The van der Waals surface area contributed by atoms with Crippen LogP contribution in [0, 0.1) is 11.5 Å². The maximum atomic E-state index is 8.15. The van der Waals surface area contributed by atoms with Crippen LogP contribution in [0.2, 0.25) is 0 Å². The highest BCUT2D eigenvalue weighted by Gasteiger charge is 1.91. The molecule has 0 amide bonds. The molecule has 12 heavy (non-hydrogen) atoms. The van der Waals surface area contributed by atoms with Gasteiger partial charge in [0.05, 0.1) is 18.6 Å². The van der Waals surface area contributed by atoms with Crippen molar-refractivity contribution >= 4 is 5.96 Å². The minimum absolute atomic E-state index is 0.104. The van der Waals surface area contributed by atoms with E-state index in [9.17, 15) is 0 Å². The fourth-order valence-corrected chi connectivity index (χ4v) is 0.638. The van der Waals surface area contributed by atoms with Crippen LogP contribution in [-0.2, 0) is 6.54 Å². The van der Waals surface area contributed by atoms with Crippen molar-refractivity contribution in [2.24, 2.45) is 10.7 Å². The third-order valence-corrected chi connectivity index (χ3v) is 1.16. The number of aliphatic imine (C=N–C) groups is 1. The van der Waals surface area contributed by atoms with Crippen LogP contribution in [0.1, 0.15) is 5.69 Å². The quantitative estimate of drug-likeness (QED) is 0.232. The third kappa shape index (κ3) is 2.30. The number of hydrogen-bond donors (Lipinski definition) is 3. The number of nitrogens with two attached hydrogens (primary N) is 1. The fourth-order valence-electron chi connectivity index (χ4n) is 0.638. The van der Waals surface area contributed by atoms with Gasteiger partial charge in [0.15, 0.2) is 6.19 Å². The fraction of sp³-hybridized carbons (Fsp3) is 0.167. The van der Waals surface area contributed by atoms with Crippen molar-refractivity contribution in [2.45, 2.75) is 6.54 Å². The molecule has 0 aliphatic carbocycles. The Hall–Kier alpha value is -2.03. The summed E-state index contributed by atoms with van der Waals surface area (Å²) in [6.45, 7) is 0.389. The van der Waals surface area contributed by atoms with Crippen molar-refractivity contribution in [3.63, 3.8) is 0 Å². The molecule has 0 saturated carbocycles. The van der Waals surface area contributed by atoms with Gasteiger partial charge in [0, 0.05) is 6.20 Å². The Balaban J connectivity index is 2.45. The summed E-state index contributed by atoms with van der Waals surface area (Å²) in [5.74, 6) is 0.104. The first kappa shape index (κ1) is 8.07. The summed E-state index contributed by atoms with van der Waals surface area (Å²) in [5, 5.41) is 10.4. The van der Waals surface area contributed by atoms with Gasteiger partial charge in [0.1, 0.15) is 0 Å². The van der Waals surface area contributed by atoms with E-state index in [1.807, 2.05) is 0 Å². The molecule has 0 aliphatic rings. The summed E-state index contributed by atoms with van der Waals surface area (Å²) >= 11 is 0. The Morgan fingerprint density at radius 3 is 3.33 bits per heavy atom. The van der Waals surface area contributed by atoms with Gasteiger partial charge < -0.3 is 10.7 Å². The van der Waals surface area contributed by atoms with E-state index in [4.69, 9.17) is 11.0 Å². The number of nitrogens with one attached hydrogen (secondary N) is 2. The molecular formula is C6H8N6. The van der Waals surface area contributed by atoms with Gasteiger partial charge in [0.2, 0.25) is 5.96 Å². The number of rotatable bonds is 2. The SMILES string of the molecule is N#CNC(N)=NCc1cnc[nH]1. The average Bonchev–Trinajstić information content (AvgIpc) is 2.53. The largest absolute Gasteiger partial charge is 0.369 e. The van der Waals surface area contributed by atoms with Gasteiger partial charge in [-0.3, -0.25) is 5.32 Å². The highest BCUT2D eigenvalue weighted by atomic mass is 15.1. The zero-order chi connectivity index (χ0) is 8.81. The van der Waals surface area contributed by atoms with E-state index in [1.165, 1.54) is 0 Å². The Morgan fingerprint density at radius 1 is 1.92 bits per heavy atom. The molecule has 62 valence electrons. The maximum Gasteiger partial charge on any atom is 0.202 e. The summed E-state index contributed by atoms with van der Waals surface area (Å²) in [4.78, 5) is 10.5. The number of aromatic nitrogens is 2. The summed E-state index contributed by atoms with van der Waals surface area (Å²) in [6, 6.07) is 0. The molecule has 1 rings (SSSR count). The van der Waals surface area contributed by atoms with E-state index in [0.29, 0.717) is 6.54 Å². The monoisotopic (exact) mass is 164 g/mol. The molecule has 0 radical (unpaired) electrons. The highest BCUT2D eigenvalue weighted by Crippen LogP contribution is 1.91. The molecule has 6 heteroatoms. The van der Waals surface area contributed by atoms with Crippen molar-refractivity contribution < 1.29 is 0 Å². The first-order valence-corrected chi connectivity index (χ1v) is 3.25. The second-order valence-electron chi connectivity index (χ2n) is 2.02. The van der Waals surface area contributed by atoms with E-state index in [-0.39, 0.29) is 5.96 Å². The molecular weight excluding hydrogens is 156 g/mol. The average molecular weight is 164 g/mol. The number of nitrogens with zero attached hydrogens (tertiary/aromatic N) is 3. The number of H-pyrrole nitrogens is 1. The van der Waals surface area contributed by atoms with Crippen LogP contribution >= 0.6 is 0 Å². The van der Waals surface area contributed by atoms with Crippen LogP contribution in [0.4, 0.5) is 0 Å². The van der Waals surface area contributed by atoms with Gasteiger partial charge >= 0.3 is 0 Å². The van der Waals surface area contributed by atoms with Crippen LogP contribution < -0.4 is 11.1 Å². The van der Waals surface area contributed by atoms with Crippen molar-refractivity contribution in [2.75, 3.05) is 0 Å². The zero-order valence-corrected chi connectivity index (χ0v) is 6.28. The predicted molar refractivity (Wildman–Crippen MR) is 42.7 cm³/mol. The topological polar surface area (TPSA) is 103 Å². The Morgan fingerprint density at radius 2 is 2.75 bits per heavy atom. The Bertz CT molecular complexity index is 292. The lowest BCUT2D eigenvalue weighted by Crippen LogP contribution is -2.27. The molecule has 0 aromatic carbocycles. The van der Waals surface area contributed by atoms with E-state index < -0.39 is 0 Å². The lowest BCUT2D eigenvalue weighted by Gasteiger charge is -1.93. The maximum absolute atomic E-state index is 8.15. The number of hydrogen-bond acceptors (Lipinski definition) is 3. The van der Waals surface area contributed by atoms with Gasteiger partial charge in [-0.25, -0.2) is 9.98 Å². The van der Waals surface area contributed by atoms with Crippen LogP contribution in [0.15, 0.2) is 17.5 Å². The molecule has 0 saturated heterocycles. The van der Waals surface area contributed by atoms with Gasteiger partial charge in [0.25, 0.3) is 0 Å². The minimum atomic E-state index is 0.104. The molecule has 6 nitrogen and oxygen atoms in total. The standard InChI is InChI=1S/C6H8N6/c7-3-11-6(8)10-2-5-1-9-4-12-5/h1,4H,2H2,(H,9,12)(H3,8,10,11). The van der Waals surface area contributed by atoms with Crippen molar-refractivity contribution in [3.05, 3.63) is 18.2 Å². The van der Waals surface area contributed by atoms with Gasteiger partial charge in [-0.2, -0.15) is 5.26 Å². The van der Waals surface area contributed by atoms with Crippen molar-refractivity contribution in [1.29, 1.82) is 5.26 Å². The predicted octanol–water partition coefficient (Wildman–Crippen LogP) is -0.705. The molecule has 1 heterocycles. The smallest absolute Gasteiger partial charge is 0.202 e. The molecule has 0 bridgehead atoms. The molecule has 0 aliphatic heterocycles. The molecule has 0 atom stereocenters. The zero-order valence-electron chi connectivity index (χ0n) is 6.28. The highest BCUT2D eigenvalue weighted by molar-refractivity contribution is 5.79. The molecule has 1 aromatic rings. The molecule has 0 fully saturated rings.